The summed E-state index contributed by atoms with van der Waals surface area (Å²) in [5, 5.41) is 0. The van der Waals surface area contributed by atoms with Crippen molar-refractivity contribution in [2.75, 3.05) is 0 Å². The van der Waals surface area contributed by atoms with Crippen LogP contribution < -0.4 is 5.73 Å². The van der Waals surface area contributed by atoms with Crippen LogP contribution in [-0.2, 0) is 5.54 Å². The molecule has 0 spiro atoms. The predicted molar refractivity (Wildman–Crippen MR) is 89.8 cm³/mol. The number of rotatable bonds is 11. The topological polar surface area (TPSA) is 26.0 Å². The summed E-state index contributed by atoms with van der Waals surface area (Å²) in [6, 6.07) is 10.7. The lowest BCUT2D eigenvalue weighted by Crippen LogP contribution is -2.36. The normalized spacial score (nSPS) is 11.8. The predicted octanol–water partition coefficient (Wildman–Crippen LogP) is 5.78. The van der Waals surface area contributed by atoms with Crippen molar-refractivity contribution in [3.05, 3.63) is 35.9 Å². The molecule has 0 heterocycles. The molecule has 0 radical (unpaired) electrons. The van der Waals surface area contributed by atoms with Crippen LogP contribution in [0.4, 0.5) is 0 Å². The van der Waals surface area contributed by atoms with Crippen molar-refractivity contribution >= 4 is 0 Å². The summed E-state index contributed by atoms with van der Waals surface area (Å²) >= 11 is 0. The summed E-state index contributed by atoms with van der Waals surface area (Å²) in [6.07, 6.45) is 12.7. The first-order valence-electron chi connectivity index (χ1n) is 8.57. The van der Waals surface area contributed by atoms with E-state index in [2.05, 4.69) is 44.2 Å². The summed E-state index contributed by atoms with van der Waals surface area (Å²) in [5.74, 6) is 0. The summed E-state index contributed by atoms with van der Waals surface area (Å²) in [5.41, 5.74) is 8.00. The van der Waals surface area contributed by atoms with Crippen molar-refractivity contribution in [3.8, 4) is 0 Å². The fourth-order valence-corrected chi connectivity index (χ4v) is 2.92. The average Bonchev–Trinajstić information content (AvgIpc) is 2.49. The molecule has 114 valence electrons. The molecule has 2 N–H and O–H groups in total. The third-order valence-electron chi connectivity index (χ3n) is 4.30. The van der Waals surface area contributed by atoms with Crippen LogP contribution in [0.1, 0.15) is 83.6 Å². The minimum absolute atomic E-state index is 0.108. The zero-order chi connectivity index (χ0) is 14.7. The van der Waals surface area contributed by atoms with Gasteiger partial charge in [-0.15, -0.1) is 0 Å². The van der Waals surface area contributed by atoms with Crippen LogP contribution in [0.3, 0.4) is 0 Å². The summed E-state index contributed by atoms with van der Waals surface area (Å²) in [6.45, 7) is 4.52. The van der Waals surface area contributed by atoms with Crippen LogP contribution >= 0.6 is 0 Å². The highest BCUT2D eigenvalue weighted by Gasteiger charge is 2.25. The maximum atomic E-state index is 6.78. The highest BCUT2D eigenvalue weighted by Crippen LogP contribution is 2.30. The molecule has 1 nitrogen and oxygen atoms in total. The van der Waals surface area contributed by atoms with E-state index in [9.17, 15) is 0 Å². The Hall–Kier alpha value is -0.820. The van der Waals surface area contributed by atoms with Gasteiger partial charge in [-0.25, -0.2) is 0 Å². The van der Waals surface area contributed by atoms with E-state index in [-0.39, 0.29) is 5.54 Å². The minimum atomic E-state index is -0.108. The van der Waals surface area contributed by atoms with Gasteiger partial charge in [-0.05, 0) is 18.4 Å². The van der Waals surface area contributed by atoms with Crippen LogP contribution in [0, 0.1) is 0 Å². The van der Waals surface area contributed by atoms with Crippen molar-refractivity contribution in [1.82, 2.24) is 0 Å². The molecule has 0 saturated heterocycles. The van der Waals surface area contributed by atoms with Crippen molar-refractivity contribution in [1.29, 1.82) is 0 Å². The lowest BCUT2D eigenvalue weighted by Gasteiger charge is -2.30. The Morgan fingerprint density at radius 2 is 1.25 bits per heavy atom. The van der Waals surface area contributed by atoms with Crippen LogP contribution in [0.5, 0.6) is 0 Å². The van der Waals surface area contributed by atoms with Gasteiger partial charge in [-0.1, -0.05) is 95.5 Å². The molecule has 0 atom stereocenters. The Morgan fingerprint density at radius 1 is 0.750 bits per heavy atom. The molecule has 0 aliphatic heterocycles. The Bertz CT molecular complexity index is 319. The minimum Gasteiger partial charge on any atom is -0.321 e. The Kier molecular flexibility index (Phi) is 8.60. The highest BCUT2D eigenvalue weighted by atomic mass is 14.7. The van der Waals surface area contributed by atoms with E-state index in [0.717, 1.165) is 12.8 Å². The van der Waals surface area contributed by atoms with E-state index < -0.39 is 0 Å². The van der Waals surface area contributed by atoms with Crippen molar-refractivity contribution < 1.29 is 0 Å². The average molecular weight is 275 g/mol. The summed E-state index contributed by atoms with van der Waals surface area (Å²) in [7, 11) is 0. The Morgan fingerprint density at radius 3 is 1.70 bits per heavy atom. The van der Waals surface area contributed by atoms with Crippen molar-refractivity contribution in [3.63, 3.8) is 0 Å². The van der Waals surface area contributed by atoms with Gasteiger partial charge in [-0.2, -0.15) is 0 Å². The molecule has 0 amide bonds. The molecule has 1 heteroatoms. The first-order valence-corrected chi connectivity index (χ1v) is 8.57. The maximum Gasteiger partial charge on any atom is 0.0409 e. The van der Waals surface area contributed by atoms with E-state index in [4.69, 9.17) is 5.73 Å². The quantitative estimate of drug-likeness (QED) is 0.509. The maximum absolute atomic E-state index is 6.78. The number of unbranched alkanes of at least 4 members (excludes halogenated alkanes) is 6. The second-order valence-electron chi connectivity index (χ2n) is 6.14. The third-order valence-corrected chi connectivity index (χ3v) is 4.30. The van der Waals surface area contributed by atoms with E-state index in [1.807, 2.05) is 0 Å². The molecule has 0 fully saturated rings. The first kappa shape index (κ1) is 17.2. The van der Waals surface area contributed by atoms with Crippen molar-refractivity contribution in [2.45, 2.75) is 83.6 Å². The molecule has 0 aromatic heterocycles. The molecular formula is C19H33N. The lowest BCUT2D eigenvalue weighted by molar-refractivity contribution is 0.345. The molecule has 0 aliphatic rings. The molecule has 1 rings (SSSR count). The molecule has 0 unspecified atom stereocenters. The zero-order valence-electron chi connectivity index (χ0n) is 13.5. The van der Waals surface area contributed by atoms with Gasteiger partial charge in [0.05, 0.1) is 0 Å². The molecule has 1 aromatic carbocycles. The highest BCUT2D eigenvalue weighted by molar-refractivity contribution is 5.23. The second kappa shape index (κ2) is 9.99. The standard InChI is InChI=1S/C19H33N/c1-3-5-7-12-16-19(20,17-13-8-6-4-2)18-14-10-9-11-15-18/h9-11,14-15H,3-8,12-13,16-17,20H2,1-2H3. The molecule has 0 bridgehead atoms. The molecular weight excluding hydrogens is 242 g/mol. The number of hydrogen-bond donors (Lipinski definition) is 1. The van der Waals surface area contributed by atoms with Gasteiger partial charge in [0, 0.05) is 5.54 Å². The van der Waals surface area contributed by atoms with Gasteiger partial charge in [-0.3, -0.25) is 0 Å². The van der Waals surface area contributed by atoms with E-state index in [1.165, 1.54) is 56.9 Å². The third kappa shape index (κ3) is 6.09. The second-order valence-corrected chi connectivity index (χ2v) is 6.14. The van der Waals surface area contributed by atoms with Gasteiger partial charge in [0.15, 0.2) is 0 Å². The number of hydrogen-bond acceptors (Lipinski definition) is 1. The summed E-state index contributed by atoms with van der Waals surface area (Å²) < 4.78 is 0. The van der Waals surface area contributed by atoms with Gasteiger partial charge < -0.3 is 5.73 Å². The molecule has 0 aliphatic carbocycles. The van der Waals surface area contributed by atoms with E-state index >= 15 is 0 Å². The summed E-state index contributed by atoms with van der Waals surface area (Å²) in [4.78, 5) is 0. The molecule has 1 aromatic rings. The molecule has 20 heavy (non-hydrogen) atoms. The van der Waals surface area contributed by atoms with Crippen LogP contribution in [0.25, 0.3) is 0 Å². The number of nitrogens with two attached hydrogens (primary N) is 1. The van der Waals surface area contributed by atoms with Gasteiger partial charge in [0.1, 0.15) is 0 Å². The monoisotopic (exact) mass is 275 g/mol. The van der Waals surface area contributed by atoms with Crippen LogP contribution in [0.15, 0.2) is 30.3 Å². The van der Waals surface area contributed by atoms with Gasteiger partial charge in [0.2, 0.25) is 0 Å². The zero-order valence-corrected chi connectivity index (χ0v) is 13.5. The largest absolute Gasteiger partial charge is 0.321 e. The van der Waals surface area contributed by atoms with Gasteiger partial charge in [0.25, 0.3) is 0 Å². The van der Waals surface area contributed by atoms with Gasteiger partial charge >= 0.3 is 0 Å². The Balaban J connectivity index is 2.57. The van der Waals surface area contributed by atoms with Crippen LogP contribution in [0.2, 0.25) is 0 Å². The Labute approximate surface area is 126 Å². The first-order chi connectivity index (χ1) is 9.73. The number of benzene rings is 1. The SMILES string of the molecule is CCCCCCC(N)(CCCCCC)c1ccccc1. The van der Waals surface area contributed by atoms with E-state index in [1.54, 1.807) is 0 Å². The smallest absolute Gasteiger partial charge is 0.0409 e. The fourth-order valence-electron chi connectivity index (χ4n) is 2.92. The fraction of sp³-hybridized carbons (Fsp3) is 0.684. The lowest BCUT2D eigenvalue weighted by atomic mass is 9.81. The van der Waals surface area contributed by atoms with Crippen molar-refractivity contribution in [2.24, 2.45) is 5.73 Å². The van der Waals surface area contributed by atoms with E-state index in [0.29, 0.717) is 0 Å². The molecule has 0 saturated carbocycles. The van der Waals surface area contributed by atoms with Crippen LogP contribution in [-0.4, -0.2) is 0 Å².